The maximum atomic E-state index is 14.8. The second-order valence-corrected chi connectivity index (χ2v) is 10.1. The second kappa shape index (κ2) is 8.95. The highest BCUT2D eigenvalue weighted by Crippen LogP contribution is 2.37. The van der Waals surface area contributed by atoms with Crippen molar-refractivity contribution in [3.63, 3.8) is 0 Å². The Morgan fingerprint density at radius 1 is 1.24 bits per heavy atom. The van der Waals surface area contributed by atoms with Crippen LogP contribution in [0.25, 0.3) is 0 Å². The third-order valence-electron chi connectivity index (χ3n) is 5.54. The van der Waals surface area contributed by atoms with Gasteiger partial charge in [0.05, 0.1) is 29.9 Å². The van der Waals surface area contributed by atoms with Gasteiger partial charge in [0.25, 0.3) is 5.91 Å². The van der Waals surface area contributed by atoms with Crippen LogP contribution >= 0.6 is 0 Å². The maximum absolute atomic E-state index is 14.8. The van der Waals surface area contributed by atoms with Gasteiger partial charge in [0.1, 0.15) is 11.6 Å². The number of carbonyl (C=O) groups is 1. The highest BCUT2D eigenvalue weighted by molar-refractivity contribution is 7.89. The number of fused-ring (bicyclic) bond motifs is 2. The topological polar surface area (TPSA) is 96.3 Å². The van der Waals surface area contributed by atoms with Gasteiger partial charge in [-0.2, -0.15) is 5.10 Å². The molecular weight excluding hydrogens is 445 g/mol. The number of aromatic nitrogens is 2. The first-order chi connectivity index (χ1) is 15.7. The van der Waals surface area contributed by atoms with Gasteiger partial charge >= 0.3 is 0 Å². The molecule has 0 radical (unpaired) electrons. The summed E-state index contributed by atoms with van der Waals surface area (Å²) in [7, 11) is -1.64. The Morgan fingerprint density at radius 2 is 2.03 bits per heavy atom. The lowest BCUT2D eigenvalue weighted by molar-refractivity contribution is 0.0985. The molecule has 8 nitrogen and oxygen atoms in total. The maximum Gasteiger partial charge on any atom is 0.258 e. The van der Waals surface area contributed by atoms with Gasteiger partial charge in [-0.1, -0.05) is 19.1 Å². The summed E-state index contributed by atoms with van der Waals surface area (Å²) in [5.41, 5.74) is 3.65. The Hall–Kier alpha value is -3.24. The Bertz CT molecular complexity index is 1320. The van der Waals surface area contributed by atoms with Crippen LogP contribution in [0.15, 0.2) is 42.6 Å². The average molecular weight is 472 g/mol. The number of sulfonamides is 1. The standard InChI is InChI=1S/C23H26FN5O3S/c1-4-9-33(31,32)26-13-17-7-6-16(11-19(17)24)23(30)29-14-18-12-25-28(3)22(18)27-20-10-15(2)5-8-21(20)29/h5-8,10-12,26-27H,4,9,13-14H2,1-3H3. The minimum Gasteiger partial charge on any atom is -0.338 e. The van der Waals surface area contributed by atoms with E-state index in [1.54, 1.807) is 22.7 Å². The van der Waals surface area contributed by atoms with Gasteiger partial charge in [0.15, 0.2) is 0 Å². The highest BCUT2D eigenvalue weighted by Gasteiger charge is 2.27. The SMILES string of the molecule is CCCS(=O)(=O)NCc1ccc(C(=O)N2Cc3cnn(C)c3Nc3cc(C)ccc32)cc1F. The number of nitrogens with one attached hydrogen (secondary N) is 2. The predicted octanol–water partition coefficient (Wildman–Crippen LogP) is 3.60. The number of rotatable bonds is 6. The lowest BCUT2D eigenvalue weighted by Crippen LogP contribution is -2.30. The second-order valence-electron chi connectivity index (χ2n) is 8.13. The van der Waals surface area contributed by atoms with Crippen molar-refractivity contribution in [2.24, 2.45) is 7.05 Å². The average Bonchev–Trinajstić information content (AvgIpc) is 3.01. The van der Waals surface area contributed by atoms with E-state index in [1.807, 2.05) is 32.2 Å². The minimum atomic E-state index is -3.46. The van der Waals surface area contributed by atoms with Gasteiger partial charge in [-0.15, -0.1) is 0 Å². The monoisotopic (exact) mass is 471 g/mol. The summed E-state index contributed by atoms with van der Waals surface area (Å²) in [6, 6.07) is 9.85. The lowest BCUT2D eigenvalue weighted by Gasteiger charge is -2.23. The summed E-state index contributed by atoms with van der Waals surface area (Å²) in [5.74, 6) is -0.239. The van der Waals surface area contributed by atoms with Crippen LogP contribution in [-0.2, 0) is 30.2 Å². The van der Waals surface area contributed by atoms with Crippen molar-refractivity contribution in [1.82, 2.24) is 14.5 Å². The normalized spacial score (nSPS) is 13.2. The first-order valence-corrected chi connectivity index (χ1v) is 12.3. The van der Waals surface area contributed by atoms with Crippen LogP contribution in [-0.4, -0.2) is 29.9 Å². The van der Waals surface area contributed by atoms with Crippen molar-refractivity contribution < 1.29 is 17.6 Å². The minimum absolute atomic E-state index is 0.0244. The molecule has 33 heavy (non-hydrogen) atoms. The van der Waals surface area contributed by atoms with E-state index in [1.165, 1.54) is 12.1 Å². The summed E-state index contributed by atoms with van der Waals surface area (Å²) in [4.78, 5) is 15.1. The van der Waals surface area contributed by atoms with E-state index < -0.39 is 15.8 Å². The van der Waals surface area contributed by atoms with Crippen LogP contribution in [0.2, 0.25) is 0 Å². The number of hydrogen-bond acceptors (Lipinski definition) is 5. The van der Waals surface area contributed by atoms with Gasteiger partial charge in [0, 0.05) is 30.3 Å². The zero-order chi connectivity index (χ0) is 23.8. The van der Waals surface area contributed by atoms with E-state index in [0.29, 0.717) is 12.1 Å². The molecule has 4 rings (SSSR count). The van der Waals surface area contributed by atoms with Crippen molar-refractivity contribution in [2.75, 3.05) is 16.0 Å². The smallest absolute Gasteiger partial charge is 0.258 e. The summed E-state index contributed by atoms with van der Waals surface area (Å²) < 4.78 is 42.6. The molecule has 2 N–H and O–H groups in total. The van der Waals surface area contributed by atoms with Crippen molar-refractivity contribution >= 4 is 33.1 Å². The fraction of sp³-hybridized carbons (Fsp3) is 0.304. The number of aryl methyl sites for hydroxylation is 2. The fourth-order valence-electron chi connectivity index (χ4n) is 3.82. The lowest BCUT2D eigenvalue weighted by atomic mass is 10.1. The quantitative estimate of drug-likeness (QED) is 0.573. The molecule has 1 aliphatic rings. The van der Waals surface area contributed by atoms with Gasteiger partial charge in [-0.25, -0.2) is 17.5 Å². The van der Waals surface area contributed by atoms with Crippen molar-refractivity contribution in [1.29, 1.82) is 0 Å². The zero-order valence-corrected chi connectivity index (χ0v) is 19.5. The number of nitrogens with zero attached hydrogens (tertiary/aromatic N) is 3. The molecule has 2 aromatic carbocycles. The fourth-order valence-corrected chi connectivity index (χ4v) is 4.87. The molecular formula is C23H26FN5O3S. The third-order valence-corrected chi connectivity index (χ3v) is 7.07. The van der Waals surface area contributed by atoms with Crippen molar-refractivity contribution in [3.05, 3.63) is 70.7 Å². The largest absolute Gasteiger partial charge is 0.338 e. The van der Waals surface area contributed by atoms with Crippen LogP contribution in [0.3, 0.4) is 0 Å². The predicted molar refractivity (Wildman–Crippen MR) is 126 cm³/mol. The molecule has 174 valence electrons. The molecule has 0 saturated carbocycles. The van der Waals surface area contributed by atoms with Crippen molar-refractivity contribution in [2.45, 2.75) is 33.4 Å². The van der Waals surface area contributed by atoms with Gasteiger partial charge < -0.3 is 10.2 Å². The zero-order valence-electron chi connectivity index (χ0n) is 18.7. The molecule has 10 heteroatoms. The molecule has 0 aliphatic carbocycles. The van der Waals surface area contributed by atoms with E-state index >= 15 is 0 Å². The molecule has 0 atom stereocenters. The molecule has 0 spiro atoms. The van der Waals surface area contributed by atoms with Crippen LogP contribution < -0.4 is 14.9 Å². The molecule has 0 fully saturated rings. The van der Waals surface area contributed by atoms with E-state index in [0.717, 1.165) is 28.7 Å². The summed E-state index contributed by atoms with van der Waals surface area (Å²) in [5, 5.41) is 7.64. The summed E-state index contributed by atoms with van der Waals surface area (Å²) in [6.07, 6.45) is 2.17. The number of amides is 1. The summed E-state index contributed by atoms with van der Waals surface area (Å²) >= 11 is 0. The number of benzene rings is 2. The highest BCUT2D eigenvalue weighted by atomic mass is 32.2. The van der Waals surface area contributed by atoms with E-state index in [2.05, 4.69) is 15.1 Å². The molecule has 0 saturated heterocycles. The van der Waals surface area contributed by atoms with E-state index in [4.69, 9.17) is 0 Å². The molecule has 0 bridgehead atoms. The van der Waals surface area contributed by atoms with E-state index in [9.17, 15) is 17.6 Å². The van der Waals surface area contributed by atoms with E-state index in [-0.39, 0.29) is 35.9 Å². The number of hydrogen-bond donors (Lipinski definition) is 2. The first-order valence-electron chi connectivity index (χ1n) is 10.6. The van der Waals surface area contributed by atoms with Crippen LogP contribution in [0.5, 0.6) is 0 Å². The Kier molecular flexibility index (Phi) is 6.22. The first kappa shape index (κ1) is 22.9. The van der Waals surface area contributed by atoms with Gasteiger partial charge in [-0.05, 0) is 43.2 Å². The molecule has 0 unspecified atom stereocenters. The number of anilines is 3. The van der Waals surface area contributed by atoms with Crippen LogP contribution in [0.1, 0.15) is 40.4 Å². The molecule has 2 heterocycles. The summed E-state index contributed by atoms with van der Waals surface area (Å²) in [6.45, 7) is 3.82. The number of carbonyl (C=O) groups excluding carboxylic acids is 1. The Labute approximate surface area is 192 Å². The molecule has 1 aromatic heterocycles. The Balaban J connectivity index is 1.64. The van der Waals surface area contributed by atoms with Crippen LogP contribution in [0, 0.1) is 12.7 Å². The van der Waals surface area contributed by atoms with Gasteiger partial charge in [0.2, 0.25) is 10.0 Å². The Morgan fingerprint density at radius 3 is 2.76 bits per heavy atom. The molecule has 3 aromatic rings. The molecule has 1 aliphatic heterocycles. The van der Waals surface area contributed by atoms with Crippen molar-refractivity contribution in [3.8, 4) is 0 Å². The molecule has 1 amide bonds. The van der Waals surface area contributed by atoms with Gasteiger partial charge in [-0.3, -0.25) is 9.48 Å². The van der Waals surface area contributed by atoms with Crippen LogP contribution in [0.4, 0.5) is 21.6 Å². The number of halogens is 1. The third kappa shape index (κ3) is 4.76.